The molecule has 1 aliphatic rings. The molecule has 0 saturated heterocycles. The molecule has 98 valence electrons. The van der Waals surface area contributed by atoms with Crippen LogP contribution in [-0.4, -0.2) is 29.1 Å². The lowest BCUT2D eigenvalue weighted by atomic mass is 9.92. The topological polar surface area (TPSA) is 77.3 Å². The van der Waals surface area contributed by atoms with Crippen molar-refractivity contribution in [2.24, 2.45) is 0 Å². The molecule has 6 heteroatoms. The van der Waals surface area contributed by atoms with Crippen molar-refractivity contribution in [2.75, 3.05) is 7.05 Å². The maximum Gasteiger partial charge on any atom is 0.330 e. The Morgan fingerprint density at radius 1 is 1.50 bits per heavy atom. The van der Waals surface area contributed by atoms with Crippen molar-refractivity contribution in [1.29, 1.82) is 0 Å². The van der Waals surface area contributed by atoms with E-state index in [2.05, 4.69) is 10.3 Å². The zero-order valence-electron chi connectivity index (χ0n) is 10.3. The summed E-state index contributed by atoms with van der Waals surface area (Å²) in [5.41, 5.74) is -0.0714. The molecule has 0 radical (unpaired) electrons. The Balaban J connectivity index is 2.15. The Hall–Kier alpha value is -1.69. The second-order valence-electron chi connectivity index (χ2n) is 4.42. The van der Waals surface area contributed by atoms with E-state index in [9.17, 15) is 10.1 Å². The van der Waals surface area contributed by atoms with Crippen LogP contribution in [0, 0.1) is 10.1 Å². The normalized spacial score (nSPS) is 23.6. The summed E-state index contributed by atoms with van der Waals surface area (Å²) in [5, 5.41) is 14.1. The lowest BCUT2D eigenvalue weighted by molar-refractivity contribution is -0.386. The predicted octanol–water partition coefficient (Wildman–Crippen LogP) is 1.90. The van der Waals surface area contributed by atoms with Gasteiger partial charge in [0, 0.05) is 18.3 Å². The highest BCUT2D eigenvalue weighted by atomic mass is 16.6. The molecule has 1 aromatic heterocycles. The van der Waals surface area contributed by atoms with Crippen molar-refractivity contribution in [3.8, 4) is 5.88 Å². The average Bonchev–Trinajstić information content (AvgIpc) is 2.40. The maximum absolute atomic E-state index is 10.9. The molecule has 0 aromatic carbocycles. The molecular weight excluding hydrogens is 234 g/mol. The molecular formula is C12H17N3O3. The van der Waals surface area contributed by atoms with Crippen molar-refractivity contribution < 1.29 is 9.66 Å². The molecule has 1 heterocycles. The van der Waals surface area contributed by atoms with Gasteiger partial charge in [-0.15, -0.1) is 0 Å². The van der Waals surface area contributed by atoms with Gasteiger partial charge in [0.15, 0.2) is 0 Å². The molecule has 0 aliphatic heterocycles. The number of likely N-dealkylation sites (N-methyl/N-ethyl adjacent to an activating group) is 1. The van der Waals surface area contributed by atoms with Crippen LogP contribution in [0.15, 0.2) is 18.3 Å². The van der Waals surface area contributed by atoms with Gasteiger partial charge in [0.2, 0.25) is 0 Å². The molecule has 2 rings (SSSR count). The van der Waals surface area contributed by atoms with Crippen molar-refractivity contribution >= 4 is 5.69 Å². The number of hydrogen-bond acceptors (Lipinski definition) is 5. The highest BCUT2D eigenvalue weighted by Gasteiger charge is 2.28. The van der Waals surface area contributed by atoms with E-state index in [-0.39, 0.29) is 23.7 Å². The summed E-state index contributed by atoms with van der Waals surface area (Å²) >= 11 is 0. The summed E-state index contributed by atoms with van der Waals surface area (Å²) in [6, 6.07) is 3.20. The summed E-state index contributed by atoms with van der Waals surface area (Å²) in [4.78, 5) is 14.4. The van der Waals surface area contributed by atoms with Crippen LogP contribution >= 0.6 is 0 Å². The first-order valence-electron chi connectivity index (χ1n) is 6.15. The fourth-order valence-electron chi connectivity index (χ4n) is 2.32. The second-order valence-corrected chi connectivity index (χ2v) is 4.42. The van der Waals surface area contributed by atoms with Crippen LogP contribution in [0.25, 0.3) is 0 Å². The third kappa shape index (κ3) is 2.76. The molecule has 0 spiro atoms. The van der Waals surface area contributed by atoms with Gasteiger partial charge in [-0.1, -0.05) is 6.42 Å². The number of aromatic nitrogens is 1. The summed E-state index contributed by atoms with van der Waals surface area (Å²) in [7, 11) is 1.89. The Labute approximate surface area is 106 Å². The predicted molar refractivity (Wildman–Crippen MR) is 66.6 cm³/mol. The van der Waals surface area contributed by atoms with Gasteiger partial charge in [-0.2, -0.15) is 0 Å². The minimum absolute atomic E-state index is 0.0441. The van der Waals surface area contributed by atoms with E-state index >= 15 is 0 Å². The van der Waals surface area contributed by atoms with Gasteiger partial charge in [0.05, 0.1) is 4.92 Å². The van der Waals surface area contributed by atoms with Gasteiger partial charge in [-0.05, 0) is 32.4 Å². The number of nitro groups is 1. The summed E-state index contributed by atoms with van der Waals surface area (Å²) < 4.78 is 5.74. The quantitative estimate of drug-likeness (QED) is 0.653. The Morgan fingerprint density at radius 2 is 2.28 bits per heavy atom. The van der Waals surface area contributed by atoms with Gasteiger partial charge < -0.3 is 10.1 Å². The second kappa shape index (κ2) is 5.77. The lowest BCUT2D eigenvalue weighted by Crippen LogP contribution is -2.43. The van der Waals surface area contributed by atoms with Gasteiger partial charge in [-0.25, -0.2) is 4.98 Å². The lowest BCUT2D eigenvalue weighted by Gasteiger charge is -2.30. The number of hydrogen-bond donors (Lipinski definition) is 1. The number of pyridine rings is 1. The summed E-state index contributed by atoms with van der Waals surface area (Å²) in [5.74, 6) is 0.120. The molecule has 1 N–H and O–H groups in total. The molecule has 2 atom stereocenters. The summed E-state index contributed by atoms with van der Waals surface area (Å²) in [6.45, 7) is 0. The first-order chi connectivity index (χ1) is 8.72. The van der Waals surface area contributed by atoms with E-state index in [1.807, 2.05) is 7.05 Å². The highest BCUT2D eigenvalue weighted by molar-refractivity contribution is 5.39. The number of rotatable bonds is 4. The van der Waals surface area contributed by atoms with Crippen LogP contribution in [0.2, 0.25) is 0 Å². The SMILES string of the molecule is CNC1CCCCC1Oc1ncccc1[N+](=O)[O-]. The van der Waals surface area contributed by atoms with E-state index in [4.69, 9.17) is 4.74 Å². The standard InChI is InChI=1S/C12H17N3O3/c1-13-9-5-2-3-7-11(9)18-12-10(15(16)17)6-4-8-14-12/h4,6,8-9,11,13H,2-3,5,7H2,1H3. The Morgan fingerprint density at radius 3 is 3.00 bits per heavy atom. The highest BCUT2D eigenvalue weighted by Crippen LogP contribution is 2.28. The Kier molecular flexibility index (Phi) is 4.09. The number of nitrogens with one attached hydrogen (secondary N) is 1. The molecule has 6 nitrogen and oxygen atoms in total. The summed E-state index contributed by atoms with van der Waals surface area (Å²) in [6.07, 6.45) is 5.65. The molecule has 0 amide bonds. The molecule has 1 aliphatic carbocycles. The zero-order chi connectivity index (χ0) is 13.0. The third-order valence-electron chi connectivity index (χ3n) is 3.28. The van der Waals surface area contributed by atoms with Crippen molar-refractivity contribution in [1.82, 2.24) is 10.3 Å². The molecule has 18 heavy (non-hydrogen) atoms. The number of ether oxygens (including phenoxy) is 1. The van der Waals surface area contributed by atoms with Crippen molar-refractivity contribution in [3.05, 3.63) is 28.4 Å². The van der Waals surface area contributed by atoms with Crippen LogP contribution < -0.4 is 10.1 Å². The van der Waals surface area contributed by atoms with Crippen LogP contribution in [0.4, 0.5) is 5.69 Å². The fourth-order valence-corrected chi connectivity index (χ4v) is 2.32. The zero-order valence-corrected chi connectivity index (χ0v) is 10.3. The molecule has 0 bridgehead atoms. The average molecular weight is 251 g/mol. The molecule has 1 aromatic rings. The number of nitrogens with zero attached hydrogens (tertiary/aromatic N) is 2. The minimum Gasteiger partial charge on any atom is -0.468 e. The van der Waals surface area contributed by atoms with E-state index in [0.29, 0.717) is 0 Å². The van der Waals surface area contributed by atoms with Gasteiger partial charge >= 0.3 is 5.69 Å². The van der Waals surface area contributed by atoms with Crippen molar-refractivity contribution in [2.45, 2.75) is 37.8 Å². The fraction of sp³-hybridized carbons (Fsp3) is 0.583. The Bertz CT molecular complexity index is 425. The first-order valence-corrected chi connectivity index (χ1v) is 6.15. The molecule has 1 fully saturated rings. The van der Waals surface area contributed by atoms with Crippen LogP contribution in [0.3, 0.4) is 0 Å². The van der Waals surface area contributed by atoms with Crippen LogP contribution in [0.1, 0.15) is 25.7 Å². The minimum atomic E-state index is -0.459. The van der Waals surface area contributed by atoms with E-state index in [1.165, 1.54) is 12.3 Å². The van der Waals surface area contributed by atoms with E-state index < -0.39 is 4.92 Å². The van der Waals surface area contributed by atoms with Crippen molar-refractivity contribution in [3.63, 3.8) is 0 Å². The van der Waals surface area contributed by atoms with Crippen LogP contribution in [-0.2, 0) is 0 Å². The third-order valence-corrected chi connectivity index (χ3v) is 3.28. The van der Waals surface area contributed by atoms with Gasteiger partial charge in [0.1, 0.15) is 6.10 Å². The smallest absolute Gasteiger partial charge is 0.330 e. The van der Waals surface area contributed by atoms with Crippen LogP contribution in [0.5, 0.6) is 5.88 Å². The maximum atomic E-state index is 10.9. The van der Waals surface area contributed by atoms with Gasteiger partial charge in [0.25, 0.3) is 5.88 Å². The van der Waals surface area contributed by atoms with Gasteiger partial charge in [-0.3, -0.25) is 10.1 Å². The molecule has 1 saturated carbocycles. The van der Waals surface area contributed by atoms with E-state index in [0.717, 1.165) is 25.7 Å². The molecule has 2 unspecified atom stereocenters. The largest absolute Gasteiger partial charge is 0.468 e. The van der Waals surface area contributed by atoms with E-state index in [1.54, 1.807) is 6.07 Å². The first kappa shape index (κ1) is 12.8. The monoisotopic (exact) mass is 251 g/mol.